The Morgan fingerprint density at radius 3 is 2.64 bits per heavy atom. The van der Waals surface area contributed by atoms with E-state index in [1.54, 1.807) is 36.4 Å². The molecule has 0 unspecified atom stereocenters. The maximum atomic E-state index is 12.2. The van der Waals surface area contributed by atoms with E-state index in [-0.39, 0.29) is 5.91 Å². The summed E-state index contributed by atoms with van der Waals surface area (Å²) in [4.78, 5) is 22.8. The Bertz CT molecular complexity index is 730. The molecular weight excluding hydrogens is 284 g/mol. The molecule has 0 bridgehead atoms. The minimum absolute atomic E-state index is 0.188. The summed E-state index contributed by atoms with van der Waals surface area (Å²) >= 11 is 0. The highest BCUT2D eigenvalue weighted by atomic mass is 16.5. The minimum atomic E-state index is -1.05. The van der Waals surface area contributed by atoms with Crippen molar-refractivity contribution in [3.05, 3.63) is 59.7 Å². The van der Waals surface area contributed by atoms with Crippen molar-refractivity contribution in [1.82, 2.24) is 5.32 Å². The number of anilines is 1. The number of carbonyl (C=O) groups excluding carboxylic acids is 1. The van der Waals surface area contributed by atoms with Crippen molar-refractivity contribution in [2.24, 2.45) is 0 Å². The van der Waals surface area contributed by atoms with E-state index in [0.717, 1.165) is 5.69 Å². The normalized spacial score (nSPS) is 16.2. The largest absolute Gasteiger partial charge is 0.481 e. The molecule has 0 aliphatic carbocycles. The zero-order chi connectivity index (χ0) is 15.5. The molecule has 0 radical (unpaired) electrons. The highest BCUT2D eigenvalue weighted by Gasteiger charge is 2.26. The molecule has 1 amide bonds. The second-order valence-electron chi connectivity index (χ2n) is 4.82. The number of aliphatic carboxylic acids is 1. The number of nitrogens with one attached hydrogen (secondary N) is 2. The number of hydrogen-bond acceptors (Lipinski definition) is 4. The van der Waals surface area contributed by atoms with Crippen LogP contribution in [-0.4, -0.2) is 23.6 Å². The number of fused-ring (bicyclic) bond motifs is 1. The average molecular weight is 298 g/mol. The fourth-order valence-electron chi connectivity index (χ4n) is 2.35. The van der Waals surface area contributed by atoms with Gasteiger partial charge in [0.2, 0.25) is 0 Å². The molecule has 2 aromatic rings. The SMILES string of the molecule is O=C(O)COc1ccccc1[C@@H]1NC(=O)c2ccccc2N1. The number of para-hydroxylation sites is 2. The third-order valence-electron chi connectivity index (χ3n) is 3.33. The number of carboxylic acid groups (broad SMARTS) is 1. The van der Waals surface area contributed by atoms with E-state index in [1.165, 1.54) is 0 Å². The van der Waals surface area contributed by atoms with Crippen molar-refractivity contribution in [3.63, 3.8) is 0 Å². The number of carboxylic acids is 1. The molecule has 1 heterocycles. The molecule has 0 saturated carbocycles. The lowest BCUT2D eigenvalue weighted by Gasteiger charge is -2.29. The van der Waals surface area contributed by atoms with Crippen LogP contribution >= 0.6 is 0 Å². The van der Waals surface area contributed by atoms with Crippen LogP contribution in [0.5, 0.6) is 5.75 Å². The minimum Gasteiger partial charge on any atom is -0.481 e. The zero-order valence-corrected chi connectivity index (χ0v) is 11.6. The lowest BCUT2D eigenvalue weighted by molar-refractivity contribution is -0.139. The van der Waals surface area contributed by atoms with Gasteiger partial charge in [-0.15, -0.1) is 0 Å². The summed E-state index contributed by atoms with van der Waals surface area (Å²) in [7, 11) is 0. The van der Waals surface area contributed by atoms with Gasteiger partial charge in [0.1, 0.15) is 11.9 Å². The highest BCUT2D eigenvalue weighted by molar-refractivity contribution is 6.01. The second-order valence-corrected chi connectivity index (χ2v) is 4.82. The summed E-state index contributed by atoms with van der Waals surface area (Å²) in [6.07, 6.45) is -0.479. The predicted molar refractivity (Wildman–Crippen MR) is 79.8 cm³/mol. The Morgan fingerprint density at radius 1 is 1.09 bits per heavy atom. The Hall–Kier alpha value is -3.02. The molecule has 112 valence electrons. The van der Waals surface area contributed by atoms with E-state index in [4.69, 9.17) is 9.84 Å². The number of carbonyl (C=O) groups is 2. The molecule has 0 aromatic heterocycles. The maximum absolute atomic E-state index is 12.2. The molecule has 1 aliphatic rings. The first-order chi connectivity index (χ1) is 10.6. The molecule has 22 heavy (non-hydrogen) atoms. The number of rotatable bonds is 4. The van der Waals surface area contributed by atoms with Crippen molar-refractivity contribution < 1.29 is 19.4 Å². The van der Waals surface area contributed by atoms with Gasteiger partial charge >= 0.3 is 5.97 Å². The monoisotopic (exact) mass is 298 g/mol. The molecule has 6 heteroatoms. The van der Waals surface area contributed by atoms with E-state index < -0.39 is 18.7 Å². The van der Waals surface area contributed by atoms with Crippen LogP contribution in [0.4, 0.5) is 5.69 Å². The Morgan fingerprint density at radius 2 is 1.82 bits per heavy atom. The van der Waals surface area contributed by atoms with Gasteiger partial charge in [0.15, 0.2) is 6.61 Å². The molecule has 2 aromatic carbocycles. The summed E-state index contributed by atoms with van der Waals surface area (Å²) in [6, 6.07) is 14.2. The predicted octanol–water partition coefficient (Wildman–Crippen LogP) is 2.00. The van der Waals surface area contributed by atoms with Gasteiger partial charge in [-0.25, -0.2) is 4.79 Å². The quantitative estimate of drug-likeness (QED) is 0.803. The van der Waals surface area contributed by atoms with Gasteiger partial charge < -0.3 is 20.5 Å². The topological polar surface area (TPSA) is 87.7 Å². The maximum Gasteiger partial charge on any atom is 0.341 e. The van der Waals surface area contributed by atoms with Crippen LogP contribution in [0.3, 0.4) is 0 Å². The third-order valence-corrected chi connectivity index (χ3v) is 3.33. The van der Waals surface area contributed by atoms with E-state index >= 15 is 0 Å². The summed E-state index contributed by atoms with van der Waals surface area (Å²) < 4.78 is 5.28. The van der Waals surface area contributed by atoms with Crippen molar-refractivity contribution in [1.29, 1.82) is 0 Å². The first kappa shape index (κ1) is 13.9. The van der Waals surface area contributed by atoms with Crippen LogP contribution in [0.15, 0.2) is 48.5 Å². The number of hydrogen-bond donors (Lipinski definition) is 3. The van der Waals surface area contributed by atoms with E-state index in [0.29, 0.717) is 16.9 Å². The Balaban J connectivity index is 1.89. The zero-order valence-electron chi connectivity index (χ0n) is 11.6. The molecule has 0 fully saturated rings. The van der Waals surface area contributed by atoms with Crippen LogP contribution in [0.1, 0.15) is 22.1 Å². The lowest BCUT2D eigenvalue weighted by atomic mass is 10.1. The first-order valence-corrected chi connectivity index (χ1v) is 6.75. The summed E-state index contributed by atoms with van der Waals surface area (Å²) in [5.41, 5.74) is 1.97. The van der Waals surface area contributed by atoms with Crippen molar-refractivity contribution in [2.45, 2.75) is 6.17 Å². The van der Waals surface area contributed by atoms with Gasteiger partial charge in [-0.3, -0.25) is 4.79 Å². The second kappa shape index (κ2) is 5.77. The average Bonchev–Trinajstić information content (AvgIpc) is 2.53. The molecule has 0 spiro atoms. The number of benzene rings is 2. The van der Waals surface area contributed by atoms with Crippen LogP contribution < -0.4 is 15.4 Å². The van der Waals surface area contributed by atoms with E-state index in [1.807, 2.05) is 12.1 Å². The van der Waals surface area contributed by atoms with Gasteiger partial charge in [-0.2, -0.15) is 0 Å². The van der Waals surface area contributed by atoms with Gasteiger partial charge in [0, 0.05) is 11.3 Å². The smallest absolute Gasteiger partial charge is 0.341 e. The summed E-state index contributed by atoms with van der Waals surface area (Å²) in [5, 5.41) is 14.8. The van der Waals surface area contributed by atoms with Crippen molar-refractivity contribution in [2.75, 3.05) is 11.9 Å². The standard InChI is InChI=1S/C16H14N2O4/c19-14(20)9-22-13-8-4-2-6-11(13)15-17-12-7-3-1-5-10(12)16(21)18-15/h1-8,15,17H,9H2,(H,18,21)(H,19,20)/t15-/m0/s1. The molecular formula is C16H14N2O4. The van der Waals surface area contributed by atoms with Crippen LogP contribution in [-0.2, 0) is 4.79 Å². The Kier molecular flexibility index (Phi) is 3.65. The van der Waals surface area contributed by atoms with E-state index in [2.05, 4.69) is 10.6 Å². The molecule has 1 atom stereocenters. The molecule has 1 aliphatic heterocycles. The van der Waals surface area contributed by atoms with Gasteiger partial charge in [0.25, 0.3) is 5.91 Å². The summed E-state index contributed by atoms with van der Waals surface area (Å²) in [5.74, 6) is -0.824. The molecule has 0 saturated heterocycles. The van der Waals surface area contributed by atoms with E-state index in [9.17, 15) is 9.59 Å². The fraction of sp³-hybridized carbons (Fsp3) is 0.125. The van der Waals surface area contributed by atoms with Gasteiger partial charge in [-0.05, 0) is 18.2 Å². The number of ether oxygens (including phenoxy) is 1. The molecule has 3 N–H and O–H groups in total. The first-order valence-electron chi connectivity index (χ1n) is 6.75. The van der Waals surface area contributed by atoms with Crippen molar-refractivity contribution >= 4 is 17.6 Å². The molecule has 6 nitrogen and oxygen atoms in total. The third kappa shape index (κ3) is 2.71. The fourth-order valence-corrected chi connectivity index (χ4v) is 2.35. The van der Waals surface area contributed by atoms with Crippen LogP contribution in [0.25, 0.3) is 0 Å². The van der Waals surface area contributed by atoms with Crippen molar-refractivity contribution in [3.8, 4) is 5.75 Å². The summed E-state index contributed by atoms with van der Waals surface area (Å²) in [6.45, 7) is -0.436. The van der Waals surface area contributed by atoms with Crippen LogP contribution in [0.2, 0.25) is 0 Å². The van der Waals surface area contributed by atoms with Gasteiger partial charge in [-0.1, -0.05) is 30.3 Å². The highest BCUT2D eigenvalue weighted by Crippen LogP contribution is 2.31. The van der Waals surface area contributed by atoms with Gasteiger partial charge in [0.05, 0.1) is 5.56 Å². The molecule has 3 rings (SSSR count). The lowest BCUT2D eigenvalue weighted by Crippen LogP contribution is -2.38. The van der Waals surface area contributed by atoms with Crippen LogP contribution in [0, 0.1) is 0 Å². The Labute approximate surface area is 126 Å². The number of amides is 1.